The number of benzene rings is 2. The zero-order valence-corrected chi connectivity index (χ0v) is 14.3. The van der Waals surface area contributed by atoms with Crippen molar-refractivity contribution in [1.82, 2.24) is 4.98 Å². The van der Waals surface area contributed by atoms with Gasteiger partial charge in [0, 0.05) is 5.02 Å². The molecule has 0 saturated heterocycles. The van der Waals surface area contributed by atoms with Crippen LogP contribution >= 0.6 is 22.9 Å². The summed E-state index contributed by atoms with van der Waals surface area (Å²) in [5.41, 5.74) is 2.90. The van der Waals surface area contributed by atoms with E-state index in [-0.39, 0.29) is 12.5 Å². The number of para-hydroxylation sites is 1. The highest BCUT2D eigenvalue weighted by atomic mass is 35.5. The maximum atomic E-state index is 12.0. The zero-order valence-electron chi connectivity index (χ0n) is 12.7. The van der Waals surface area contributed by atoms with Crippen molar-refractivity contribution in [2.45, 2.75) is 13.8 Å². The molecule has 1 heterocycles. The van der Waals surface area contributed by atoms with Crippen molar-refractivity contribution in [1.29, 1.82) is 0 Å². The molecule has 0 aliphatic rings. The highest BCUT2D eigenvalue weighted by Gasteiger charge is 2.10. The van der Waals surface area contributed by atoms with Crippen LogP contribution in [0.15, 0.2) is 36.4 Å². The van der Waals surface area contributed by atoms with Crippen LogP contribution in [0.1, 0.15) is 11.1 Å². The highest BCUT2D eigenvalue weighted by Crippen LogP contribution is 2.28. The second kappa shape index (κ2) is 6.56. The Morgan fingerprint density at radius 3 is 2.83 bits per heavy atom. The van der Waals surface area contributed by atoms with E-state index < -0.39 is 0 Å². The van der Waals surface area contributed by atoms with Gasteiger partial charge in [-0.2, -0.15) is 0 Å². The molecule has 0 spiro atoms. The number of hydrogen-bond acceptors (Lipinski definition) is 4. The number of hydrogen-bond donors (Lipinski definition) is 1. The monoisotopic (exact) mass is 346 g/mol. The molecule has 1 N–H and O–H groups in total. The number of aromatic nitrogens is 1. The van der Waals surface area contributed by atoms with Gasteiger partial charge in [-0.05, 0) is 49.2 Å². The van der Waals surface area contributed by atoms with Gasteiger partial charge in [-0.15, -0.1) is 0 Å². The number of nitrogens with zero attached hydrogens (tertiary/aromatic N) is 1. The molecule has 3 aromatic rings. The number of amides is 1. The van der Waals surface area contributed by atoms with Crippen molar-refractivity contribution >= 4 is 44.2 Å². The average molecular weight is 347 g/mol. The van der Waals surface area contributed by atoms with Gasteiger partial charge in [-0.1, -0.05) is 35.1 Å². The molecular weight excluding hydrogens is 332 g/mol. The fourth-order valence-electron chi connectivity index (χ4n) is 2.21. The Labute approximate surface area is 143 Å². The van der Waals surface area contributed by atoms with E-state index in [1.165, 1.54) is 11.3 Å². The molecule has 118 valence electrons. The molecule has 0 aliphatic heterocycles. The highest BCUT2D eigenvalue weighted by molar-refractivity contribution is 7.22. The summed E-state index contributed by atoms with van der Waals surface area (Å²) in [5, 5.41) is 4.00. The van der Waals surface area contributed by atoms with Gasteiger partial charge < -0.3 is 4.74 Å². The van der Waals surface area contributed by atoms with Gasteiger partial charge in [0.2, 0.25) is 0 Å². The number of ether oxygens (including phenoxy) is 1. The number of fused-ring (bicyclic) bond motifs is 1. The Kier molecular flexibility index (Phi) is 4.50. The van der Waals surface area contributed by atoms with Crippen LogP contribution in [0.4, 0.5) is 5.13 Å². The molecule has 0 unspecified atom stereocenters. The Balaban J connectivity index is 1.65. The lowest BCUT2D eigenvalue weighted by Crippen LogP contribution is -2.20. The molecule has 0 fully saturated rings. The Bertz CT molecular complexity index is 876. The SMILES string of the molecule is Cc1cc(Cl)ccc1OCC(=O)Nc1nc2c(C)cccc2s1. The van der Waals surface area contributed by atoms with E-state index in [2.05, 4.69) is 10.3 Å². The van der Waals surface area contributed by atoms with E-state index in [1.807, 2.05) is 32.0 Å². The first-order valence-electron chi connectivity index (χ1n) is 7.08. The summed E-state index contributed by atoms with van der Waals surface area (Å²) < 4.78 is 6.58. The largest absolute Gasteiger partial charge is 0.483 e. The van der Waals surface area contributed by atoms with Gasteiger partial charge in [0.05, 0.1) is 10.2 Å². The minimum atomic E-state index is -0.240. The number of carbonyl (C=O) groups is 1. The first-order chi connectivity index (χ1) is 11.0. The molecule has 1 amide bonds. The predicted molar refractivity (Wildman–Crippen MR) is 94.7 cm³/mol. The number of rotatable bonds is 4. The van der Waals surface area contributed by atoms with Gasteiger partial charge in [-0.3, -0.25) is 10.1 Å². The van der Waals surface area contributed by atoms with Crippen LogP contribution in [0, 0.1) is 13.8 Å². The van der Waals surface area contributed by atoms with Crippen molar-refractivity contribution in [2.24, 2.45) is 0 Å². The van der Waals surface area contributed by atoms with Crippen LogP contribution in [0.25, 0.3) is 10.2 Å². The number of nitrogens with one attached hydrogen (secondary N) is 1. The number of aryl methyl sites for hydroxylation is 2. The lowest BCUT2D eigenvalue weighted by atomic mass is 10.2. The van der Waals surface area contributed by atoms with Crippen LogP contribution in [0.2, 0.25) is 5.02 Å². The van der Waals surface area contributed by atoms with E-state index in [4.69, 9.17) is 16.3 Å². The summed E-state index contributed by atoms with van der Waals surface area (Å²) in [5.74, 6) is 0.403. The molecule has 2 aromatic carbocycles. The maximum absolute atomic E-state index is 12.0. The van der Waals surface area contributed by atoms with Crippen LogP contribution in [0.3, 0.4) is 0 Å². The van der Waals surface area contributed by atoms with Crippen molar-refractivity contribution in [3.63, 3.8) is 0 Å². The van der Waals surface area contributed by atoms with Crippen molar-refractivity contribution in [3.05, 3.63) is 52.5 Å². The topological polar surface area (TPSA) is 51.2 Å². The van der Waals surface area contributed by atoms with E-state index in [0.717, 1.165) is 21.3 Å². The van der Waals surface area contributed by atoms with Crippen LogP contribution in [-0.4, -0.2) is 17.5 Å². The fraction of sp³-hybridized carbons (Fsp3) is 0.176. The number of carbonyl (C=O) groups excluding carboxylic acids is 1. The van der Waals surface area contributed by atoms with Crippen molar-refractivity contribution in [2.75, 3.05) is 11.9 Å². The van der Waals surface area contributed by atoms with E-state index in [1.54, 1.807) is 18.2 Å². The summed E-state index contributed by atoms with van der Waals surface area (Å²) >= 11 is 7.35. The molecule has 0 aliphatic carbocycles. The molecule has 6 heteroatoms. The molecular formula is C17H15ClN2O2S. The molecule has 0 saturated carbocycles. The molecule has 3 rings (SSSR count). The second-order valence-electron chi connectivity index (χ2n) is 5.19. The van der Waals surface area contributed by atoms with Gasteiger partial charge in [0.25, 0.3) is 5.91 Å². The summed E-state index contributed by atoms with van der Waals surface area (Å²) in [6, 6.07) is 11.3. The fourth-order valence-corrected chi connectivity index (χ4v) is 3.40. The van der Waals surface area contributed by atoms with Crippen LogP contribution < -0.4 is 10.1 Å². The van der Waals surface area contributed by atoms with E-state index in [0.29, 0.717) is 15.9 Å². The lowest BCUT2D eigenvalue weighted by molar-refractivity contribution is -0.118. The van der Waals surface area contributed by atoms with Crippen molar-refractivity contribution < 1.29 is 9.53 Å². The standard InChI is InChI=1S/C17H15ClN2O2S/c1-10-4-3-5-14-16(10)20-17(23-14)19-15(21)9-22-13-7-6-12(18)8-11(13)2/h3-8H,9H2,1-2H3,(H,19,20,21). The zero-order chi connectivity index (χ0) is 16.4. The first kappa shape index (κ1) is 15.8. The molecule has 0 bridgehead atoms. The summed E-state index contributed by atoms with van der Waals surface area (Å²) in [4.78, 5) is 16.5. The normalized spacial score (nSPS) is 10.7. The van der Waals surface area contributed by atoms with Gasteiger partial charge in [0.1, 0.15) is 5.75 Å². The number of halogens is 1. The van der Waals surface area contributed by atoms with E-state index in [9.17, 15) is 4.79 Å². The van der Waals surface area contributed by atoms with Crippen LogP contribution in [0.5, 0.6) is 5.75 Å². The number of thiazole rings is 1. The quantitative estimate of drug-likeness (QED) is 0.752. The van der Waals surface area contributed by atoms with E-state index >= 15 is 0 Å². The molecule has 4 nitrogen and oxygen atoms in total. The maximum Gasteiger partial charge on any atom is 0.264 e. The summed E-state index contributed by atoms with van der Waals surface area (Å²) in [7, 11) is 0. The predicted octanol–water partition coefficient (Wildman–Crippen LogP) is 4.58. The Morgan fingerprint density at radius 1 is 1.26 bits per heavy atom. The Morgan fingerprint density at radius 2 is 2.09 bits per heavy atom. The molecule has 0 radical (unpaired) electrons. The average Bonchev–Trinajstić information content (AvgIpc) is 2.90. The third kappa shape index (κ3) is 3.63. The third-order valence-electron chi connectivity index (χ3n) is 3.36. The van der Waals surface area contributed by atoms with Gasteiger partial charge >= 0.3 is 0 Å². The lowest BCUT2D eigenvalue weighted by Gasteiger charge is -2.08. The minimum Gasteiger partial charge on any atom is -0.483 e. The second-order valence-corrected chi connectivity index (χ2v) is 6.65. The molecule has 23 heavy (non-hydrogen) atoms. The van der Waals surface area contributed by atoms with Gasteiger partial charge in [-0.25, -0.2) is 4.98 Å². The Hall–Kier alpha value is -2.11. The minimum absolute atomic E-state index is 0.0720. The van der Waals surface area contributed by atoms with Crippen LogP contribution in [-0.2, 0) is 4.79 Å². The molecule has 0 atom stereocenters. The number of anilines is 1. The van der Waals surface area contributed by atoms with Gasteiger partial charge in [0.15, 0.2) is 11.7 Å². The third-order valence-corrected chi connectivity index (χ3v) is 4.53. The first-order valence-corrected chi connectivity index (χ1v) is 8.27. The molecule has 1 aromatic heterocycles. The summed E-state index contributed by atoms with van der Waals surface area (Å²) in [6.45, 7) is 3.81. The van der Waals surface area contributed by atoms with Crippen molar-refractivity contribution in [3.8, 4) is 5.75 Å². The summed E-state index contributed by atoms with van der Waals surface area (Å²) in [6.07, 6.45) is 0. The smallest absolute Gasteiger partial charge is 0.264 e.